The van der Waals surface area contributed by atoms with Crippen LogP contribution in [0.2, 0.25) is 0 Å². The second-order valence-corrected chi connectivity index (χ2v) is 2.64. The van der Waals surface area contributed by atoms with Crippen molar-refractivity contribution in [2.75, 3.05) is 7.05 Å². The summed E-state index contributed by atoms with van der Waals surface area (Å²) in [6, 6.07) is 5.72. The van der Waals surface area contributed by atoms with Gasteiger partial charge >= 0.3 is 0 Å². The molecule has 1 aromatic heterocycles. The van der Waals surface area contributed by atoms with Gasteiger partial charge in [0, 0.05) is 25.6 Å². The van der Waals surface area contributed by atoms with Gasteiger partial charge in [0.25, 0.3) is 0 Å². The van der Waals surface area contributed by atoms with Crippen LogP contribution in [0.1, 0.15) is 0 Å². The maximum Gasteiger partial charge on any atom is 0.227 e. The molecule has 0 saturated heterocycles. The van der Waals surface area contributed by atoms with Gasteiger partial charge in [0.1, 0.15) is 6.26 Å². The number of carbonyl (C=O) groups is 1. The molecule has 0 N–H and O–H groups in total. The van der Waals surface area contributed by atoms with Crippen LogP contribution in [-0.4, -0.2) is 29.4 Å². The van der Waals surface area contributed by atoms with Gasteiger partial charge in [0.05, 0.1) is 0 Å². The molecule has 1 aliphatic rings. The molecule has 0 bridgehead atoms. The molecule has 14 heavy (non-hydrogen) atoms. The number of nitrogens with zero attached hydrogens (tertiary/aromatic N) is 2. The average molecular weight is 192 g/mol. The van der Waals surface area contributed by atoms with E-state index in [2.05, 4.69) is 4.98 Å². The van der Waals surface area contributed by atoms with Crippen LogP contribution in [0.4, 0.5) is 0 Å². The van der Waals surface area contributed by atoms with Crippen molar-refractivity contribution in [1.29, 1.82) is 0 Å². The van der Waals surface area contributed by atoms with E-state index in [-0.39, 0.29) is 0 Å². The van der Waals surface area contributed by atoms with Gasteiger partial charge in [-0.1, -0.05) is 6.07 Å². The number of rotatable bonds is 1. The van der Waals surface area contributed by atoms with Crippen molar-refractivity contribution in [2.45, 2.75) is 6.23 Å². The van der Waals surface area contributed by atoms with Crippen LogP contribution in [0.25, 0.3) is 0 Å². The van der Waals surface area contributed by atoms with Crippen LogP contribution in [0.5, 0.6) is 0 Å². The topological polar surface area (TPSA) is 42.4 Å². The first-order valence-electron chi connectivity index (χ1n) is 4.19. The molecular weight excluding hydrogens is 180 g/mol. The maximum absolute atomic E-state index is 10.0. The van der Waals surface area contributed by atoms with Gasteiger partial charge in [-0.05, 0) is 12.1 Å². The van der Waals surface area contributed by atoms with Crippen LogP contribution >= 0.6 is 0 Å². The molecule has 0 spiro atoms. The van der Waals surface area contributed by atoms with E-state index in [0.29, 0.717) is 0 Å². The minimum absolute atomic E-state index is 0.394. The molecule has 1 aliphatic heterocycles. The zero-order valence-electron chi connectivity index (χ0n) is 7.91. The molecule has 0 amide bonds. The predicted octanol–water partition coefficient (Wildman–Crippen LogP) is 1.03. The summed E-state index contributed by atoms with van der Waals surface area (Å²) in [4.78, 5) is 15.5. The van der Waals surface area contributed by atoms with Crippen molar-refractivity contribution in [3.63, 3.8) is 0 Å². The molecular formula is C10H12N2O2. The highest BCUT2D eigenvalue weighted by molar-refractivity contribution is 5.56. The van der Waals surface area contributed by atoms with Crippen molar-refractivity contribution < 1.29 is 9.53 Å². The number of aromatic nitrogens is 1. The SMILES string of the molecule is CN1C=COC1C=O.c1ccncc1. The van der Waals surface area contributed by atoms with Crippen LogP contribution in [0.15, 0.2) is 43.1 Å². The Labute approximate surface area is 82.8 Å². The van der Waals surface area contributed by atoms with Crippen LogP contribution in [-0.2, 0) is 9.53 Å². The summed E-state index contributed by atoms with van der Waals surface area (Å²) in [6.45, 7) is 0. The zero-order chi connectivity index (χ0) is 10.2. The number of hydrogen-bond acceptors (Lipinski definition) is 4. The van der Waals surface area contributed by atoms with Gasteiger partial charge in [-0.25, -0.2) is 0 Å². The van der Waals surface area contributed by atoms with E-state index < -0.39 is 6.23 Å². The van der Waals surface area contributed by atoms with Crippen molar-refractivity contribution in [3.8, 4) is 0 Å². The smallest absolute Gasteiger partial charge is 0.227 e. The van der Waals surface area contributed by atoms with Gasteiger partial charge in [-0.2, -0.15) is 0 Å². The monoisotopic (exact) mass is 192 g/mol. The highest BCUT2D eigenvalue weighted by Crippen LogP contribution is 2.03. The van der Waals surface area contributed by atoms with E-state index in [0.717, 1.165) is 6.29 Å². The Kier molecular flexibility index (Phi) is 4.20. The van der Waals surface area contributed by atoms with E-state index in [9.17, 15) is 4.79 Å². The third kappa shape index (κ3) is 3.26. The van der Waals surface area contributed by atoms with Gasteiger partial charge < -0.3 is 9.64 Å². The number of aldehydes is 1. The zero-order valence-corrected chi connectivity index (χ0v) is 7.91. The average Bonchev–Trinajstić information content (AvgIpc) is 2.67. The lowest BCUT2D eigenvalue weighted by atomic mass is 10.5. The fourth-order valence-corrected chi connectivity index (χ4v) is 0.833. The summed E-state index contributed by atoms with van der Waals surface area (Å²) < 4.78 is 4.79. The molecule has 1 atom stereocenters. The standard InChI is InChI=1S/C5H7NO2.C5H5N/c1-6-2-3-8-5(6)4-7;1-2-4-6-5-3-1/h2-5H,1H3;1-5H. The molecule has 2 heterocycles. The normalized spacial score (nSPS) is 18.1. The lowest BCUT2D eigenvalue weighted by molar-refractivity contribution is -0.119. The molecule has 0 radical (unpaired) electrons. The molecule has 1 aromatic rings. The van der Waals surface area contributed by atoms with Crippen LogP contribution in [0, 0.1) is 0 Å². The fourth-order valence-electron chi connectivity index (χ4n) is 0.833. The third-order valence-corrected chi connectivity index (χ3v) is 1.60. The second kappa shape index (κ2) is 5.75. The number of carbonyl (C=O) groups excluding carboxylic acids is 1. The van der Waals surface area contributed by atoms with E-state index in [1.54, 1.807) is 30.5 Å². The Morgan fingerprint density at radius 2 is 2.07 bits per heavy atom. The minimum Gasteiger partial charge on any atom is -0.470 e. The lowest BCUT2D eigenvalue weighted by Crippen LogP contribution is -2.24. The summed E-state index contributed by atoms with van der Waals surface area (Å²) >= 11 is 0. The predicted molar refractivity (Wildman–Crippen MR) is 52.1 cm³/mol. The molecule has 0 aromatic carbocycles. The Morgan fingerprint density at radius 3 is 2.29 bits per heavy atom. The van der Waals surface area contributed by atoms with E-state index in [1.807, 2.05) is 18.2 Å². The van der Waals surface area contributed by atoms with Gasteiger partial charge in [-0.15, -0.1) is 0 Å². The van der Waals surface area contributed by atoms with Crippen molar-refractivity contribution in [2.24, 2.45) is 0 Å². The highest BCUT2D eigenvalue weighted by Gasteiger charge is 2.13. The summed E-state index contributed by atoms with van der Waals surface area (Å²) in [6.07, 6.45) is 7.06. The van der Waals surface area contributed by atoms with Gasteiger partial charge in [0.15, 0.2) is 6.29 Å². The molecule has 2 rings (SSSR count). The number of ether oxygens (including phenoxy) is 1. The van der Waals surface area contributed by atoms with E-state index in [1.165, 1.54) is 6.26 Å². The largest absolute Gasteiger partial charge is 0.470 e. The van der Waals surface area contributed by atoms with E-state index >= 15 is 0 Å². The summed E-state index contributed by atoms with van der Waals surface area (Å²) in [5.41, 5.74) is 0. The second-order valence-electron chi connectivity index (χ2n) is 2.64. The fraction of sp³-hybridized carbons (Fsp3) is 0.200. The summed E-state index contributed by atoms with van der Waals surface area (Å²) in [7, 11) is 1.78. The first-order valence-corrected chi connectivity index (χ1v) is 4.19. The van der Waals surface area contributed by atoms with Crippen molar-refractivity contribution in [3.05, 3.63) is 43.1 Å². The molecule has 74 valence electrons. The molecule has 0 saturated carbocycles. The van der Waals surface area contributed by atoms with Crippen LogP contribution in [0.3, 0.4) is 0 Å². The summed E-state index contributed by atoms with van der Waals surface area (Å²) in [5, 5.41) is 0. The van der Waals surface area contributed by atoms with Crippen molar-refractivity contribution in [1.82, 2.24) is 9.88 Å². The quantitative estimate of drug-likeness (QED) is 0.623. The number of likely N-dealkylation sites (N-methyl/N-ethyl adjacent to an activating group) is 1. The minimum atomic E-state index is -0.394. The Hall–Kier alpha value is -1.84. The molecule has 0 aliphatic carbocycles. The third-order valence-electron chi connectivity index (χ3n) is 1.60. The number of pyridine rings is 1. The Morgan fingerprint density at radius 1 is 1.36 bits per heavy atom. The first kappa shape index (κ1) is 10.2. The Bertz CT molecular complexity index is 261. The van der Waals surface area contributed by atoms with Gasteiger partial charge in [-0.3, -0.25) is 9.78 Å². The lowest BCUT2D eigenvalue weighted by Gasteiger charge is -2.11. The van der Waals surface area contributed by atoms with E-state index in [4.69, 9.17) is 4.74 Å². The number of hydrogen-bond donors (Lipinski definition) is 0. The molecule has 1 unspecified atom stereocenters. The molecule has 0 fully saturated rings. The Balaban J connectivity index is 0.000000146. The highest BCUT2D eigenvalue weighted by atomic mass is 16.5. The molecule has 4 nitrogen and oxygen atoms in total. The maximum atomic E-state index is 10.0. The van der Waals surface area contributed by atoms with Crippen molar-refractivity contribution >= 4 is 6.29 Å². The molecule has 4 heteroatoms. The van der Waals surface area contributed by atoms with Gasteiger partial charge in [0.2, 0.25) is 6.23 Å². The van der Waals surface area contributed by atoms with Crippen LogP contribution < -0.4 is 0 Å². The summed E-state index contributed by atoms with van der Waals surface area (Å²) in [5.74, 6) is 0. The first-order chi connectivity index (χ1) is 6.84.